The minimum Gasteiger partial charge on any atom is -0.359 e. The number of nitrogens with one attached hydrogen (secondary N) is 3. The average molecular weight is 354 g/mol. The topological polar surface area (TPSA) is 70.2 Å². The van der Waals surface area contributed by atoms with E-state index in [0.29, 0.717) is 11.7 Å². The smallest absolute Gasteiger partial charge is 0.240 e. The van der Waals surface area contributed by atoms with Crippen LogP contribution in [0.4, 0.5) is 5.69 Å². The Morgan fingerprint density at radius 3 is 2.48 bits per heavy atom. The van der Waals surface area contributed by atoms with Crippen LogP contribution >= 0.6 is 12.2 Å². The second kappa shape index (κ2) is 8.42. The van der Waals surface area contributed by atoms with Gasteiger partial charge in [0.25, 0.3) is 0 Å². The molecule has 23 heavy (non-hydrogen) atoms. The highest BCUT2D eigenvalue weighted by Gasteiger charge is 2.21. The second-order valence-electron chi connectivity index (χ2n) is 5.60. The maximum Gasteiger partial charge on any atom is 0.240 e. The van der Waals surface area contributed by atoms with E-state index in [-0.39, 0.29) is 10.9 Å². The highest BCUT2D eigenvalue weighted by Crippen LogP contribution is 2.20. The number of hydrogen-bond acceptors (Lipinski definition) is 3. The van der Waals surface area contributed by atoms with Crippen LogP contribution in [0.25, 0.3) is 0 Å². The Balaban J connectivity index is 1.97. The zero-order valence-corrected chi connectivity index (χ0v) is 14.7. The van der Waals surface area contributed by atoms with Gasteiger partial charge in [0, 0.05) is 18.3 Å². The van der Waals surface area contributed by atoms with Gasteiger partial charge in [0.15, 0.2) is 5.11 Å². The Hall–Kier alpha value is -1.44. The van der Waals surface area contributed by atoms with Crippen LogP contribution in [0.5, 0.6) is 0 Å². The Bertz CT molecular complexity index is 636. The normalized spacial score (nSPS) is 15.8. The monoisotopic (exact) mass is 353 g/mol. The van der Waals surface area contributed by atoms with Crippen LogP contribution < -0.4 is 15.4 Å². The van der Waals surface area contributed by atoms with E-state index in [4.69, 9.17) is 12.2 Å². The zero-order valence-electron chi connectivity index (χ0n) is 13.0. The van der Waals surface area contributed by atoms with Crippen LogP contribution in [0.2, 0.25) is 0 Å². The highest BCUT2D eigenvalue weighted by atomic mass is 32.2. The zero-order chi connectivity index (χ0) is 16.7. The molecule has 3 N–H and O–H groups in total. The van der Waals surface area contributed by atoms with Gasteiger partial charge in [-0.2, -0.15) is 0 Å². The molecule has 0 bridgehead atoms. The number of hydrogen-bond donors (Lipinski definition) is 3. The summed E-state index contributed by atoms with van der Waals surface area (Å²) in [5.74, 6) is 0. The summed E-state index contributed by atoms with van der Waals surface area (Å²) in [6, 6.07) is 6.64. The molecule has 1 fully saturated rings. The standard InChI is InChI=1S/C16H23N3O2S2/c1-2-12-17-16(22)18-13-8-10-15(11-9-13)23(20,21)19-14-6-4-3-5-7-14/h2,8-11,14,19H,1,3-7,12H2,(H2,17,18,22). The predicted molar refractivity (Wildman–Crippen MR) is 98.1 cm³/mol. The molecule has 0 atom stereocenters. The number of rotatable bonds is 6. The summed E-state index contributed by atoms with van der Waals surface area (Å²) in [6.07, 6.45) is 6.92. The molecule has 0 spiro atoms. The van der Waals surface area contributed by atoms with E-state index < -0.39 is 10.0 Å². The van der Waals surface area contributed by atoms with Gasteiger partial charge >= 0.3 is 0 Å². The molecule has 1 aliphatic rings. The molecule has 0 radical (unpaired) electrons. The molecule has 1 aromatic rings. The number of benzene rings is 1. The Morgan fingerprint density at radius 1 is 1.22 bits per heavy atom. The van der Waals surface area contributed by atoms with Crippen molar-refractivity contribution in [2.75, 3.05) is 11.9 Å². The van der Waals surface area contributed by atoms with Gasteiger partial charge < -0.3 is 10.6 Å². The molecule has 1 saturated carbocycles. The SMILES string of the molecule is C=CCNC(=S)Nc1ccc(S(=O)(=O)NC2CCCCC2)cc1. The van der Waals surface area contributed by atoms with Crippen molar-refractivity contribution < 1.29 is 8.42 Å². The first-order valence-electron chi connectivity index (χ1n) is 7.79. The largest absolute Gasteiger partial charge is 0.359 e. The van der Waals surface area contributed by atoms with Gasteiger partial charge in [-0.05, 0) is 49.3 Å². The molecule has 7 heteroatoms. The van der Waals surface area contributed by atoms with Gasteiger partial charge in [-0.25, -0.2) is 13.1 Å². The molecule has 0 aromatic heterocycles. The summed E-state index contributed by atoms with van der Waals surface area (Å²) < 4.78 is 27.6. The molecule has 1 aliphatic carbocycles. The lowest BCUT2D eigenvalue weighted by Gasteiger charge is -2.22. The van der Waals surface area contributed by atoms with Gasteiger partial charge in [0.05, 0.1) is 4.90 Å². The first kappa shape index (κ1) is 17.9. The van der Waals surface area contributed by atoms with Crippen molar-refractivity contribution >= 4 is 33.0 Å². The Morgan fingerprint density at radius 2 is 1.87 bits per heavy atom. The second-order valence-corrected chi connectivity index (χ2v) is 7.73. The highest BCUT2D eigenvalue weighted by molar-refractivity contribution is 7.89. The molecule has 5 nitrogen and oxygen atoms in total. The van der Waals surface area contributed by atoms with Gasteiger partial charge in [0.1, 0.15) is 0 Å². The fraction of sp³-hybridized carbons (Fsp3) is 0.438. The van der Waals surface area contributed by atoms with Crippen molar-refractivity contribution in [3.63, 3.8) is 0 Å². The summed E-state index contributed by atoms with van der Waals surface area (Å²) in [5.41, 5.74) is 0.739. The fourth-order valence-corrected chi connectivity index (χ4v) is 4.07. The lowest BCUT2D eigenvalue weighted by molar-refractivity contribution is 0.412. The first-order valence-corrected chi connectivity index (χ1v) is 9.68. The summed E-state index contributed by atoms with van der Waals surface area (Å²) in [7, 11) is -3.46. The molecular weight excluding hydrogens is 330 g/mol. The minimum absolute atomic E-state index is 0.0576. The van der Waals surface area contributed by atoms with E-state index in [0.717, 1.165) is 31.4 Å². The van der Waals surface area contributed by atoms with E-state index in [1.54, 1.807) is 30.3 Å². The van der Waals surface area contributed by atoms with Gasteiger partial charge in [0.2, 0.25) is 10.0 Å². The Labute approximate surface area is 143 Å². The Kier molecular flexibility index (Phi) is 6.56. The van der Waals surface area contributed by atoms with Crippen LogP contribution in [0.3, 0.4) is 0 Å². The van der Waals surface area contributed by atoms with E-state index in [1.165, 1.54) is 6.42 Å². The predicted octanol–water partition coefficient (Wildman–Crippen LogP) is 2.77. The molecule has 0 aliphatic heterocycles. The first-order chi connectivity index (χ1) is 11.0. The number of thiocarbonyl (C=S) groups is 1. The number of sulfonamides is 1. The molecular formula is C16H23N3O2S2. The van der Waals surface area contributed by atoms with E-state index in [2.05, 4.69) is 21.9 Å². The molecule has 0 amide bonds. The third-order valence-electron chi connectivity index (χ3n) is 3.76. The van der Waals surface area contributed by atoms with Gasteiger partial charge in [-0.15, -0.1) is 6.58 Å². The van der Waals surface area contributed by atoms with E-state index in [9.17, 15) is 8.42 Å². The molecule has 1 aromatic carbocycles. The van der Waals surface area contributed by atoms with Gasteiger partial charge in [-0.1, -0.05) is 25.3 Å². The summed E-state index contributed by atoms with van der Waals surface area (Å²) in [6.45, 7) is 4.18. The lowest BCUT2D eigenvalue weighted by Crippen LogP contribution is -2.36. The van der Waals surface area contributed by atoms with Crippen LogP contribution in [0, 0.1) is 0 Å². The van der Waals surface area contributed by atoms with Crippen molar-refractivity contribution in [3.05, 3.63) is 36.9 Å². The molecule has 2 rings (SSSR count). The van der Waals surface area contributed by atoms with Crippen molar-refractivity contribution in [1.82, 2.24) is 10.0 Å². The fourth-order valence-electron chi connectivity index (χ4n) is 2.57. The maximum absolute atomic E-state index is 12.4. The van der Waals surface area contributed by atoms with E-state index in [1.807, 2.05) is 0 Å². The van der Waals surface area contributed by atoms with Crippen LogP contribution in [0.1, 0.15) is 32.1 Å². The van der Waals surface area contributed by atoms with Crippen molar-refractivity contribution in [1.29, 1.82) is 0 Å². The lowest BCUT2D eigenvalue weighted by atomic mass is 9.96. The van der Waals surface area contributed by atoms with Crippen molar-refractivity contribution in [3.8, 4) is 0 Å². The summed E-state index contributed by atoms with van der Waals surface area (Å²) in [5, 5.41) is 6.42. The quantitative estimate of drug-likeness (QED) is 0.542. The third-order valence-corrected chi connectivity index (χ3v) is 5.54. The van der Waals surface area contributed by atoms with Gasteiger partial charge in [-0.3, -0.25) is 0 Å². The van der Waals surface area contributed by atoms with Crippen LogP contribution in [-0.2, 0) is 10.0 Å². The molecule has 126 valence electrons. The van der Waals surface area contributed by atoms with Crippen molar-refractivity contribution in [2.24, 2.45) is 0 Å². The van der Waals surface area contributed by atoms with Crippen LogP contribution in [-0.4, -0.2) is 26.1 Å². The molecule has 0 heterocycles. The molecule has 0 saturated heterocycles. The third kappa shape index (κ3) is 5.60. The average Bonchev–Trinajstić information content (AvgIpc) is 2.54. The van der Waals surface area contributed by atoms with E-state index >= 15 is 0 Å². The minimum atomic E-state index is -3.46. The number of anilines is 1. The van der Waals surface area contributed by atoms with Crippen molar-refractivity contribution in [2.45, 2.75) is 43.0 Å². The summed E-state index contributed by atoms with van der Waals surface area (Å²) in [4.78, 5) is 0.276. The van der Waals surface area contributed by atoms with Crippen LogP contribution in [0.15, 0.2) is 41.8 Å². The summed E-state index contributed by atoms with van der Waals surface area (Å²) >= 11 is 5.12. The molecule has 0 unspecified atom stereocenters. The maximum atomic E-state index is 12.4.